The highest BCUT2D eigenvalue weighted by atomic mass is 16.5. The third-order valence-electron chi connectivity index (χ3n) is 4.64. The van der Waals surface area contributed by atoms with Crippen LogP contribution in [0.15, 0.2) is 0 Å². The Morgan fingerprint density at radius 1 is 1.32 bits per heavy atom. The minimum atomic E-state index is -0.816. The number of hydrogen-bond acceptors (Lipinski definition) is 3. The van der Waals surface area contributed by atoms with Gasteiger partial charge in [-0.05, 0) is 24.7 Å². The summed E-state index contributed by atoms with van der Waals surface area (Å²) in [5, 5.41) is 12.0. The lowest BCUT2D eigenvalue weighted by Crippen LogP contribution is -2.47. The van der Waals surface area contributed by atoms with Crippen molar-refractivity contribution in [2.24, 2.45) is 17.3 Å². The molecular formula is C16H28N2O4. The van der Waals surface area contributed by atoms with E-state index >= 15 is 0 Å². The summed E-state index contributed by atoms with van der Waals surface area (Å²) < 4.78 is 5.92. The normalized spacial score (nSPS) is 29.4. The van der Waals surface area contributed by atoms with Crippen molar-refractivity contribution >= 4 is 12.0 Å². The van der Waals surface area contributed by atoms with E-state index in [1.165, 1.54) is 0 Å². The van der Waals surface area contributed by atoms with Crippen LogP contribution in [0.4, 0.5) is 4.79 Å². The molecule has 0 bridgehead atoms. The highest BCUT2D eigenvalue weighted by Crippen LogP contribution is 2.33. The first kappa shape index (κ1) is 17.1. The molecule has 0 spiro atoms. The zero-order valence-corrected chi connectivity index (χ0v) is 13.8. The molecule has 0 saturated carbocycles. The number of hydrogen-bond donors (Lipinski definition) is 2. The van der Waals surface area contributed by atoms with E-state index in [9.17, 15) is 9.59 Å². The van der Waals surface area contributed by atoms with Gasteiger partial charge in [-0.3, -0.25) is 4.79 Å². The Labute approximate surface area is 132 Å². The average Bonchev–Trinajstić information content (AvgIpc) is 2.94. The van der Waals surface area contributed by atoms with Crippen LogP contribution in [-0.2, 0) is 9.53 Å². The SMILES string of the molecule is CC(C)(C)C1OCCCC1CNC(=O)N1CCC(C(=O)O)C1. The van der Waals surface area contributed by atoms with Crippen molar-refractivity contribution in [2.45, 2.75) is 46.1 Å². The number of amides is 2. The van der Waals surface area contributed by atoms with E-state index in [-0.39, 0.29) is 17.6 Å². The smallest absolute Gasteiger partial charge is 0.317 e. The van der Waals surface area contributed by atoms with Gasteiger partial charge in [-0.25, -0.2) is 4.79 Å². The molecule has 0 aromatic carbocycles. The Morgan fingerprint density at radius 3 is 2.64 bits per heavy atom. The molecule has 2 rings (SSSR count). The number of aliphatic carboxylic acids is 1. The van der Waals surface area contributed by atoms with Gasteiger partial charge in [0.1, 0.15) is 0 Å². The summed E-state index contributed by atoms with van der Waals surface area (Å²) >= 11 is 0. The zero-order chi connectivity index (χ0) is 16.3. The second-order valence-corrected chi connectivity index (χ2v) is 7.52. The second-order valence-electron chi connectivity index (χ2n) is 7.52. The third-order valence-corrected chi connectivity index (χ3v) is 4.64. The molecule has 0 aromatic heterocycles. The lowest BCUT2D eigenvalue weighted by molar-refractivity contribution is -0.141. The minimum absolute atomic E-state index is 0.0534. The van der Waals surface area contributed by atoms with Gasteiger partial charge in [-0.1, -0.05) is 20.8 Å². The predicted molar refractivity (Wildman–Crippen MR) is 82.6 cm³/mol. The van der Waals surface area contributed by atoms with Gasteiger partial charge in [0.2, 0.25) is 0 Å². The molecule has 2 saturated heterocycles. The average molecular weight is 312 g/mol. The van der Waals surface area contributed by atoms with Crippen molar-refractivity contribution in [3.8, 4) is 0 Å². The topological polar surface area (TPSA) is 78.9 Å². The second kappa shape index (κ2) is 6.86. The molecule has 6 heteroatoms. The number of ether oxygens (including phenoxy) is 1. The standard InChI is InChI=1S/C16H28N2O4/c1-16(2,3)13-11(5-4-8-22-13)9-17-15(21)18-7-6-12(10-18)14(19)20/h11-13H,4-10H2,1-3H3,(H,17,21)(H,19,20). The fourth-order valence-electron chi connectivity index (χ4n) is 3.49. The quantitative estimate of drug-likeness (QED) is 0.835. The van der Waals surface area contributed by atoms with E-state index in [0.717, 1.165) is 19.4 Å². The van der Waals surface area contributed by atoms with Crippen LogP contribution < -0.4 is 5.32 Å². The van der Waals surface area contributed by atoms with Gasteiger partial charge in [0.05, 0.1) is 12.0 Å². The van der Waals surface area contributed by atoms with Crippen LogP contribution in [-0.4, -0.2) is 54.4 Å². The van der Waals surface area contributed by atoms with E-state index < -0.39 is 11.9 Å². The number of carbonyl (C=O) groups is 2. The van der Waals surface area contributed by atoms with Gasteiger partial charge >= 0.3 is 12.0 Å². The number of nitrogens with one attached hydrogen (secondary N) is 1. The van der Waals surface area contributed by atoms with Gasteiger partial charge in [-0.2, -0.15) is 0 Å². The lowest BCUT2D eigenvalue weighted by atomic mass is 9.78. The Morgan fingerprint density at radius 2 is 2.05 bits per heavy atom. The molecule has 2 amide bonds. The monoisotopic (exact) mass is 312 g/mol. The summed E-state index contributed by atoms with van der Waals surface area (Å²) in [6.45, 7) is 8.70. The molecule has 0 radical (unpaired) electrons. The van der Waals surface area contributed by atoms with Crippen LogP contribution in [0.25, 0.3) is 0 Å². The predicted octanol–water partition coefficient (Wildman–Crippen LogP) is 1.94. The fraction of sp³-hybridized carbons (Fsp3) is 0.875. The molecule has 0 aliphatic carbocycles. The summed E-state index contributed by atoms with van der Waals surface area (Å²) in [6, 6.07) is -0.151. The summed E-state index contributed by atoms with van der Waals surface area (Å²) in [5.74, 6) is -0.926. The number of urea groups is 1. The number of carbonyl (C=O) groups excluding carboxylic acids is 1. The molecule has 2 N–H and O–H groups in total. The Bertz CT molecular complexity index is 419. The van der Waals surface area contributed by atoms with Crippen LogP contribution >= 0.6 is 0 Å². The van der Waals surface area contributed by atoms with Crippen LogP contribution in [0, 0.1) is 17.3 Å². The van der Waals surface area contributed by atoms with Crippen molar-refractivity contribution in [3.63, 3.8) is 0 Å². The maximum absolute atomic E-state index is 12.2. The maximum atomic E-state index is 12.2. The Hall–Kier alpha value is -1.30. The number of carboxylic acid groups (broad SMARTS) is 1. The Kier molecular flexibility index (Phi) is 5.32. The minimum Gasteiger partial charge on any atom is -0.481 e. The molecule has 2 aliphatic rings. The first-order chi connectivity index (χ1) is 10.3. The van der Waals surface area contributed by atoms with E-state index in [2.05, 4.69) is 26.1 Å². The number of nitrogens with zero attached hydrogens (tertiary/aromatic N) is 1. The lowest BCUT2D eigenvalue weighted by Gasteiger charge is -2.40. The highest BCUT2D eigenvalue weighted by molar-refractivity contribution is 5.77. The molecule has 6 nitrogen and oxygen atoms in total. The van der Waals surface area contributed by atoms with Gasteiger partial charge in [0, 0.05) is 32.2 Å². The van der Waals surface area contributed by atoms with Crippen molar-refractivity contribution < 1.29 is 19.4 Å². The molecule has 2 aliphatic heterocycles. The van der Waals surface area contributed by atoms with Crippen LogP contribution in [0.1, 0.15) is 40.0 Å². The molecule has 2 heterocycles. The third kappa shape index (κ3) is 4.12. The summed E-state index contributed by atoms with van der Waals surface area (Å²) in [6.07, 6.45) is 2.77. The van der Waals surface area contributed by atoms with Gasteiger partial charge in [0.25, 0.3) is 0 Å². The first-order valence-electron chi connectivity index (χ1n) is 8.16. The van der Waals surface area contributed by atoms with E-state index in [1.807, 2.05) is 0 Å². The van der Waals surface area contributed by atoms with E-state index in [4.69, 9.17) is 9.84 Å². The van der Waals surface area contributed by atoms with Crippen molar-refractivity contribution in [1.82, 2.24) is 10.2 Å². The first-order valence-corrected chi connectivity index (χ1v) is 8.16. The summed E-state index contributed by atoms with van der Waals surface area (Å²) in [5.41, 5.74) is 0.0534. The van der Waals surface area contributed by atoms with Crippen molar-refractivity contribution in [2.75, 3.05) is 26.2 Å². The molecular weight excluding hydrogens is 284 g/mol. The molecule has 3 atom stereocenters. The molecule has 3 unspecified atom stereocenters. The fourth-order valence-corrected chi connectivity index (χ4v) is 3.49. The van der Waals surface area contributed by atoms with Crippen LogP contribution in [0.3, 0.4) is 0 Å². The number of carboxylic acids is 1. The van der Waals surface area contributed by atoms with Gasteiger partial charge in [-0.15, -0.1) is 0 Å². The van der Waals surface area contributed by atoms with Gasteiger partial charge in [0.15, 0.2) is 0 Å². The molecule has 2 fully saturated rings. The number of likely N-dealkylation sites (tertiary alicyclic amines) is 1. The van der Waals surface area contributed by atoms with E-state index in [1.54, 1.807) is 4.90 Å². The molecule has 0 aromatic rings. The maximum Gasteiger partial charge on any atom is 0.317 e. The van der Waals surface area contributed by atoms with Crippen LogP contribution in [0.2, 0.25) is 0 Å². The summed E-state index contributed by atoms with van der Waals surface area (Å²) in [7, 11) is 0. The van der Waals surface area contributed by atoms with Crippen LogP contribution in [0.5, 0.6) is 0 Å². The number of rotatable bonds is 3. The largest absolute Gasteiger partial charge is 0.481 e. The molecule has 22 heavy (non-hydrogen) atoms. The van der Waals surface area contributed by atoms with E-state index in [0.29, 0.717) is 32.0 Å². The zero-order valence-electron chi connectivity index (χ0n) is 13.8. The summed E-state index contributed by atoms with van der Waals surface area (Å²) in [4.78, 5) is 24.8. The van der Waals surface area contributed by atoms with Crippen molar-refractivity contribution in [3.05, 3.63) is 0 Å². The Balaban J connectivity index is 1.84. The van der Waals surface area contributed by atoms with Gasteiger partial charge < -0.3 is 20.1 Å². The molecule has 126 valence electrons. The van der Waals surface area contributed by atoms with Crippen molar-refractivity contribution in [1.29, 1.82) is 0 Å². The highest BCUT2D eigenvalue weighted by Gasteiger charge is 2.36.